The van der Waals surface area contributed by atoms with E-state index in [0.717, 1.165) is 64.7 Å². The highest BCUT2D eigenvalue weighted by molar-refractivity contribution is 14.0. The Balaban J connectivity index is 0.00000400. The van der Waals surface area contributed by atoms with E-state index in [2.05, 4.69) is 15.6 Å². The molecule has 0 aromatic carbocycles. The van der Waals surface area contributed by atoms with E-state index < -0.39 is 0 Å². The molecule has 2 N–H and O–H groups in total. The lowest BCUT2D eigenvalue weighted by molar-refractivity contribution is 0.0168. The Morgan fingerprint density at radius 1 is 1.24 bits per heavy atom. The molecule has 0 aliphatic carbocycles. The number of nitrogens with zero attached hydrogens (tertiary/aromatic N) is 1. The summed E-state index contributed by atoms with van der Waals surface area (Å²) in [6, 6.07) is 0. The molecular weight excluding hydrogens is 385 g/mol. The summed E-state index contributed by atoms with van der Waals surface area (Å²) in [4.78, 5) is 4.16. The van der Waals surface area contributed by atoms with Gasteiger partial charge in [-0.3, -0.25) is 4.99 Å². The van der Waals surface area contributed by atoms with Crippen molar-refractivity contribution in [2.24, 2.45) is 4.99 Å². The predicted octanol–water partition coefficient (Wildman–Crippen LogP) is 1.39. The summed E-state index contributed by atoms with van der Waals surface area (Å²) in [5.41, 5.74) is 0. The van der Waals surface area contributed by atoms with Crippen LogP contribution in [0.25, 0.3) is 0 Å². The first-order valence-electron chi connectivity index (χ1n) is 7.49. The zero-order valence-corrected chi connectivity index (χ0v) is 15.6. The Hall–Kier alpha value is -0.120. The molecule has 126 valence electrons. The molecule has 0 spiro atoms. The Labute approximate surface area is 145 Å². The average Bonchev–Trinajstić information content (AvgIpc) is 2.98. The van der Waals surface area contributed by atoms with Crippen LogP contribution in [0.5, 0.6) is 0 Å². The zero-order chi connectivity index (χ0) is 14.5. The van der Waals surface area contributed by atoms with E-state index in [1.54, 1.807) is 14.2 Å². The molecule has 1 rings (SSSR count). The van der Waals surface area contributed by atoms with Gasteiger partial charge in [0.05, 0.1) is 12.7 Å². The van der Waals surface area contributed by atoms with Gasteiger partial charge in [-0.1, -0.05) is 0 Å². The van der Waals surface area contributed by atoms with Crippen LogP contribution in [0, 0.1) is 0 Å². The Kier molecular flexibility index (Phi) is 14.7. The minimum Gasteiger partial charge on any atom is -0.385 e. The topological polar surface area (TPSA) is 64.1 Å². The average molecular weight is 415 g/mol. The number of nitrogens with one attached hydrogen (secondary N) is 2. The van der Waals surface area contributed by atoms with E-state index in [9.17, 15) is 0 Å². The number of hydrogen-bond acceptors (Lipinski definition) is 4. The second-order valence-corrected chi connectivity index (χ2v) is 4.84. The van der Waals surface area contributed by atoms with Gasteiger partial charge in [0.1, 0.15) is 0 Å². The van der Waals surface area contributed by atoms with E-state index in [0.29, 0.717) is 6.10 Å². The summed E-state index contributed by atoms with van der Waals surface area (Å²) >= 11 is 0. The highest BCUT2D eigenvalue weighted by Crippen LogP contribution is 2.11. The van der Waals surface area contributed by atoms with Crippen molar-refractivity contribution in [3.05, 3.63) is 0 Å². The van der Waals surface area contributed by atoms with Crippen molar-refractivity contribution in [3.63, 3.8) is 0 Å². The fourth-order valence-corrected chi connectivity index (χ4v) is 2.02. The molecule has 0 saturated carbocycles. The molecule has 0 bridgehead atoms. The zero-order valence-electron chi connectivity index (χ0n) is 13.2. The third-order valence-corrected chi connectivity index (χ3v) is 3.13. The van der Waals surface area contributed by atoms with Gasteiger partial charge in [-0.2, -0.15) is 0 Å². The van der Waals surface area contributed by atoms with Crippen molar-refractivity contribution in [1.29, 1.82) is 0 Å². The van der Waals surface area contributed by atoms with E-state index in [1.165, 1.54) is 6.42 Å². The first-order valence-corrected chi connectivity index (χ1v) is 7.49. The summed E-state index contributed by atoms with van der Waals surface area (Å²) in [6.07, 6.45) is 4.56. The summed E-state index contributed by atoms with van der Waals surface area (Å²) < 4.78 is 16.1. The van der Waals surface area contributed by atoms with Crippen molar-refractivity contribution < 1.29 is 14.2 Å². The van der Waals surface area contributed by atoms with Gasteiger partial charge < -0.3 is 24.8 Å². The van der Waals surface area contributed by atoms with Crippen molar-refractivity contribution in [2.75, 3.05) is 53.7 Å². The van der Waals surface area contributed by atoms with Gasteiger partial charge in [-0.05, 0) is 25.7 Å². The third kappa shape index (κ3) is 11.1. The highest BCUT2D eigenvalue weighted by atomic mass is 127. The van der Waals surface area contributed by atoms with Crippen LogP contribution in [0.4, 0.5) is 0 Å². The van der Waals surface area contributed by atoms with Gasteiger partial charge >= 0.3 is 0 Å². The second-order valence-electron chi connectivity index (χ2n) is 4.84. The first-order chi connectivity index (χ1) is 9.86. The summed E-state index contributed by atoms with van der Waals surface area (Å²) in [5.74, 6) is 0.834. The van der Waals surface area contributed by atoms with Crippen LogP contribution >= 0.6 is 24.0 Å². The van der Waals surface area contributed by atoms with Crippen LogP contribution in [0.3, 0.4) is 0 Å². The molecule has 6 nitrogen and oxygen atoms in total. The highest BCUT2D eigenvalue weighted by Gasteiger charge is 2.14. The van der Waals surface area contributed by atoms with Crippen LogP contribution in [-0.4, -0.2) is 65.7 Å². The molecule has 0 amide bonds. The van der Waals surface area contributed by atoms with Crippen LogP contribution in [0.1, 0.15) is 25.7 Å². The standard InChI is InChI=1S/C14H29N3O3.HI/c1-15-14(16-7-4-9-18-2)17-8-5-10-19-12-13-6-3-11-20-13;/h13H,3-12H2,1-2H3,(H2,15,16,17);1H. The minimum atomic E-state index is 0. The van der Waals surface area contributed by atoms with E-state index in [4.69, 9.17) is 14.2 Å². The fraction of sp³-hybridized carbons (Fsp3) is 0.929. The third-order valence-electron chi connectivity index (χ3n) is 3.13. The molecule has 1 unspecified atom stereocenters. The van der Waals surface area contributed by atoms with Crippen LogP contribution in [0.2, 0.25) is 0 Å². The van der Waals surface area contributed by atoms with E-state index in [1.807, 2.05) is 0 Å². The maximum atomic E-state index is 5.60. The molecule has 1 atom stereocenters. The monoisotopic (exact) mass is 415 g/mol. The van der Waals surface area contributed by atoms with Crippen molar-refractivity contribution in [1.82, 2.24) is 10.6 Å². The fourth-order valence-electron chi connectivity index (χ4n) is 2.02. The Morgan fingerprint density at radius 3 is 2.52 bits per heavy atom. The van der Waals surface area contributed by atoms with Gasteiger partial charge in [-0.15, -0.1) is 24.0 Å². The van der Waals surface area contributed by atoms with E-state index >= 15 is 0 Å². The van der Waals surface area contributed by atoms with Gasteiger partial charge in [0, 0.05) is 47.1 Å². The normalized spacial score (nSPS) is 18.4. The Bertz CT molecular complexity index is 262. The molecule has 0 aromatic heterocycles. The largest absolute Gasteiger partial charge is 0.385 e. The Morgan fingerprint density at radius 2 is 1.95 bits per heavy atom. The lowest BCUT2D eigenvalue weighted by Gasteiger charge is -2.12. The predicted molar refractivity (Wildman–Crippen MR) is 95.7 cm³/mol. The molecule has 1 heterocycles. The molecule has 21 heavy (non-hydrogen) atoms. The summed E-state index contributed by atoms with van der Waals surface area (Å²) in [5, 5.41) is 6.50. The molecule has 1 saturated heterocycles. The second kappa shape index (κ2) is 14.8. The number of halogens is 1. The quantitative estimate of drug-likeness (QED) is 0.244. The smallest absolute Gasteiger partial charge is 0.190 e. The number of aliphatic imine (C=N–C) groups is 1. The minimum absolute atomic E-state index is 0. The van der Waals surface area contributed by atoms with Gasteiger partial charge in [0.25, 0.3) is 0 Å². The molecule has 1 fully saturated rings. The maximum Gasteiger partial charge on any atom is 0.190 e. The first kappa shape index (κ1) is 20.9. The molecule has 1 aliphatic rings. The van der Waals surface area contributed by atoms with Crippen LogP contribution in [0.15, 0.2) is 4.99 Å². The van der Waals surface area contributed by atoms with Gasteiger partial charge in [-0.25, -0.2) is 0 Å². The summed E-state index contributed by atoms with van der Waals surface area (Å²) in [6.45, 7) is 4.86. The maximum absolute atomic E-state index is 5.60. The summed E-state index contributed by atoms with van der Waals surface area (Å²) in [7, 11) is 3.49. The van der Waals surface area contributed by atoms with Gasteiger partial charge in [0.15, 0.2) is 5.96 Å². The van der Waals surface area contributed by atoms with Crippen molar-refractivity contribution >= 4 is 29.9 Å². The molecule has 0 aromatic rings. The van der Waals surface area contributed by atoms with Crippen molar-refractivity contribution in [3.8, 4) is 0 Å². The molecule has 7 heteroatoms. The molecule has 1 aliphatic heterocycles. The molecular formula is C14H30IN3O3. The molecule has 0 radical (unpaired) electrons. The van der Waals surface area contributed by atoms with Crippen molar-refractivity contribution in [2.45, 2.75) is 31.8 Å². The number of ether oxygens (including phenoxy) is 3. The van der Waals surface area contributed by atoms with Crippen LogP contribution < -0.4 is 10.6 Å². The number of rotatable bonds is 10. The number of methoxy groups -OCH3 is 1. The van der Waals surface area contributed by atoms with E-state index in [-0.39, 0.29) is 24.0 Å². The lowest BCUT2D eigenvalue weighted by atomic mass is 10.2. The lowest BCUT2D eigenvalue weighted by Crippen LogP contribution is -2.38. The SMILES string of the molecule is CN=C(NCCCOC)NCCCOCC1CCCO1.I. The number of hydrogen-bond donors (Lipinski definition) is 2. The number of guanidine groups is 1. The van der Waals surface area contributed by atoms with Crippen LogP contribution in [-0.2, 0) is 14.2 Å². The van der Waals surface area contributed by atoms with Gasteiger partial charge in [0.2, 0.25) is 0 Å².